The van der Waals surface area contributed by atoms with Crippen molar-refractivity contribution in [2.45, 2.75) is 17.9 Å². The first-order valence-corrected chi connectivity index (χ1v) is 15.6. The van der Waals surface area contributed by atoms with Crippen LogP contribution in [0, 0.1) is 0 Å². The maximum atomic E-state index is 13.9. The summed E-state index contributed by atoms with van der Waals surface area (Å²) in [6, 6.07) is 30.9. The van der Waals surface area contributed by atoms with Crippen molar-refractivity contribution >= 4 is 33.0 Å². The van der Waals surface area contributed by atoms with Crippen LogP contribution in [0.15, 0.2) is 108 Å². The molecule has 1 aliphatic rings. The second-order valence-electron chi connectivity index (χ2n) is 10.2. The number of methoxy groups -OCH3 is 1. The zero-order valence-electron chi connectivity index (χ0n) is 24.3. The first-order chi connectivity index (χ1) is 20.8. The van der Waals surface area contributed by atoms with Crippen LogP contribution < -0.4 is 29.3 Å². The SMILES string of the molecule is COc1ccccc1N1CCN(c2ccc(NC(=O)COc3ccccc3)cc2S(=O)(=O)N[C@H](C)c2ccccc2)CC1. The number of para-hydroxylation sites is 3. The molecule has 0 aliphatic carbocycles. The Kier molecular flexibility index (Phi) is 9.48. The predicted molar refractivity (Wildman–Crippen MR) is 170 cm³/mol. The second kappa shape index (κ2) is 13.6. The molecule has 0 saturated carbocycles. The molecule has 9 nitrogen and oxygen atoms in total. The topological polar surface area (TPSA) is 100 Å². The van der Waals surface area contributed by atoms with Gasteiger partial charge in [-0.3, -0.25) is 4.79 Å². The molecule has 4 aromatic rings. The van der Waals surface area contributed by atoms with Crippen LogP contribution >= 0.6 is 0 Å². The lowest BCUT2D eigenvalue weighted by Crippen LogP contribution is -2.47. The Morgan fingerprint density at radius 2 is 1.42 bits per heavy atom. The molecule has 1 saturated heterocycles. The highest BCUT2D eigenvalue weighted by Gasteiger charge is 2.28. The van der Waals surface area contributed by atoms with Crippen LogP contribution in [0.2, 0.25) is 0 Å². The van der Waals surface area contributed by atoms with Crippen LogP contribution in [0.1, 0.15) is 18.5 Å². The molecule has 2 N–H and O–H groups in total. The lowest BCUT2D eigenvalue weighted by atomic mass is 10.1. The molecular formula is C33H36N4O5S. The monoisotopic (exact) mass is 600 g/mol. The third-order valence-corrected chi connectivity index (χ3v) is 8.89. The highest BCUT2D eigenvalue weighted by atomic mass is 32.2. The van der Waals surface area contributed by atoms with Crippen LogP contribution in [0.4, 0.5) is 17.1 Å². The summed E-state index contributed by atoms with van der Waals surface area (Å²) >= 11 is 0. The molecule has 1 aliphatic heterocycles. The number of nitrogens with one attached hydrogen (secondary N) is 2. The van der Waals surface area contributed by atoms with Gasteiger partial charge in [0.15, 0.2) is 6.61 Å². The minimum atomic E-state index is -3.99. The molecular weight excluding hydrogens is 564 g/mol. The maximum absolute atomic E-state index is 13.9. The fourth-order valence-electron chi connectivity index (χ4n) is 5.12. The van der Waals surface area contributed by atoms with E-state index in [-0.39, 0.29) is 11.5 Å². The standard InChI is InChI=1S/C33H36N4O5S/c1-25(26-11-5-3-6-12-26)35-43(39,40)32-23-27(34-33(38)24-42-28-13-7-4-8-14-28)17-18-30(32)37-21-19-36(20-22-37)29-15-9-10-16-31(29)41-2/h3-18,23,25,35H,19-22,24H2,1-2H3,(H,34,38)/t25-/m1/s1. The molecule has 1 amide bonds. The molecule has 0 aromatic heterocycles. The van der Waals surface area contributed by atoms with Crippen LogP contribution in [-0.2, 0) is 14.8 Å². The zero-order chi connectivity index (χ0) is 30.2. The van der Waals surface area contributed by atoms with Gasteiger partial charge in [0, 0.05) is 37.9 Å². The van der Waals surface area contributed by atoms with E-state index in [0.29, 0.717) is 43.3 Å². The van der Waals surface area contributed by atoms with Gasteiger partial charge in [0.05, 0.1) is 18.5 Å². The van der Waals surface area contributed by atoms with Gasteiger partial charge in [0.1, 0.15) is 16.4 Å². The smallest absolute Gasteiger partial charge is 0.262 e. The van der Waals surface area contributed by atoms with Gasteiger partial charge in [-0.15, -0.1) is 0 Å². The molecule has 0 radical (unpaired) electrons. The number of piperazine rings is 1. The Morgan fingerprint density at radius 3 is 2.09 bits per heavy atom. The van der Waals surface area contributed by atoms with Gasteiger partial charge in [-0.05, 0) is 55.0 Å². The minimum Gasteiger partial charge on any atom is -0.495 e. The van der Waals surface area contributed by atoms with Crippen molar-refractivity contribution in [3.8, 4) is 11.5 Å². The number of carbonyl (C=O) groups excluding carboxylic acids is 1. The van der Waals surface area contributed by atoms with E-state index in [0.717, 1.165) is 17.0 Å². The fraction of sp³-hybridized carbons (Fsp3) is 0.242. The zero-order valence-corrected chi connectivity index (χ0v) is 25.1. The van der Waals surface area contributed by atoms with E-state index in [1.54, 1.807) is 31.4 Å². The summed E-state index contributed by atoms with van der Waals surface area (Å²) in [7, 11) is -2.33. The number of nitrogens with zero attached hydrogens (tertiary/aromatic N) is 2. The molecule has 1 heterocycles. The normalized spacial score (nSPS) is 14.2. The van der Waals surface area contributed by atoms with Crippen molar-refractivity contribution in [2.75, 3.05) is 55.0 Å². The van der Waals surface area contributed by atoms with E-state index in [1.165, 1.54) is 6.07 Å². The number of rotatable bonds is 11. The molecule has 0 spiro atoms. The lowest BCUT2D eigenvalue weighted by molar-refractivity contribution is -0.118. The van der Waals surface area contributed by atoms with Crippen molar-refractivity contribution < 1.29 is 22.7 Å². The van der Waals surface area contributed by atoms with Crippen molar-refractivity contribution in [1.29, 1.82) is 0 Å². The Balaban J connectivity index is 1.37. The second-order valence-corrected chi connectivity index (χ2v) is 11.9. The van der Waals surface area contributed by atoms with E-state index in [1.807, 2.05) is 79.7 Å². The summed E-state index contributed by atoms with van der Waals surface area (Å²) < 4.78 is 41.7. The van der Waals surface area contributed by atoms with Crippen molar-refractivity contribution in [3.63, 3.8) is 0 Å². The van der Waals surface area contributed by atoms with E-state index >= 15 is 0 Å². The molecule has 4 aromatic carbocycles. The van der Waals surface area contributed by atoms with Crippen molar-refractivity contribution in [2.24, 2.45) is 0 Å². The van der Waals surface area contributed by atoms with Gasteiger partial charge in [-0.2, -0.15) is 0 Å². The third kappa shape index (κ3) is 7.46. The molecule has 0 bridgehead atoms. The minimum absolute atomic E-state index is 0.0998. The number of hydrogen-bond donors (Lipinski definition) is 2. The number of amides is 1. The van der Waals surface area contributed by atoms with E-state index in [4.69, 9.17) is 9.47 Å². The molecule has 1 fully saturated rings. The number of hydrogen-bond acceptors (Lipinski definition) is 7. The van der Waals surface area contributed by atoms with E-state index < -0.39 is 22.0 Å². The van der Waals surface area contributed by atoms with Gasteiger partial charge in [0.2, 0.25) is 10.0 Å². The highest BCUT2D eigenvalue weighted by Crippen LogP contribution is 2.33. The van der Waals surface area contributed by atoms with Gasteiger partial charge in [0.25, 0.3) is 5.91 Å². The first-order valence-electron chi connectivity index (χ1n) is 14.2. The third-order valence-electron chi connectivity index (χ3n) is 7.32. The maximum Gasteiger partial charge on any atom is 0.262 e. The van der Waals surface area contributed by atoms with Crippen molar-refractivity contribution in [1.82, 2.24) is 4.72 Å². The quantitative estimate of drug-likeness (QED) is 0.248. The molecule has 10 heteroatoms. The summed E-state index contributed by atoms with van der Waals surface area (Å²) in [4.78, 5) is 17.1. The Morgan fingerprint density at radius 1 is 0.814 bits per heavy atom. The summed E-state index contributed by atoms with van der Waals surface area (Å²) in [6.07, 6.45) is 0. The van der Waals surface area contributed by atoms with Gasteiger partial charge < -0.3 is 24.6 Å². The Hall–Kier alpha value is -4.54. The summed E-state index contributed by atoms with van der Waals surface area (Å²) in [5.74, 6) is 0.980. The van der Waals surface area contributed by atoms with Crippen LogP contribution in [0.3, 0.4) is 0 Å². The molecule has 0 unspecified atom stereocenters. The predicted octanol–water partition coefficient (Wildman–Crippen LogP) is 5.08. The number of benzene rings is 4. The largest absolute Gasteiger partial charge is 0.495 e. The highest BCUT2D eigenvalue weighted by molar-refractivity contribution is 7.89. The van der Waals surface area contributed by atoms with E-state index in [2.05, 4.69) is 19.8 Å². The Bertz CT molecular complexity index is 1630. The Labute approximate surface area is 253 Å². The molecule has 43 heavy (non-hydrogen) atoms. The average Bonchev–Trinajstić information content (AvgIpc) is 3.04. The summed E-state index contributed by atoms with van der Waals surface area (Å²) in [6.45, 7) is 4.18. The number of ether oxygens (including phenoxy) is 2. The van der Waals surface area contributed by atoms with Crippen molar-refractivity contribution in [3.05, 3.63) is 109 Å². The first kappa shape index (κ1) is 29.9. The van der Waals surface area contributed by atoms with E-state index in [9.17, 15) is 13.2 Å². The lowest BCUT2D eigenvalue weighted by Gasteiger charge is -2.38. The average molecular weight is 601 g/mol. The van der Waals surface area contributed by atoms with Crippen LogP contribution in [0.25, 0.3) is 0 Å². The molecule has 224 valence electrons. The van der Waals surface area contributed by atoms with Crippen LogP contribution in [0.5, 0.6) is 11.5 Å². The molecule has 1 atom stereocenters. The number of sulfonamides is 1. The van der Waals surface area contributed by atoms with Gasteiger partial charge in [-0.1, -0.05) is 60.7 Å². The molecule has 5 rings (SSSR count). The van der Waals surface area contributed by atoms with Gasteiger partial charge >= 0.3 is 0 Å². The summed E-state index contributed by atoms with van der Waals surface area (Å²) in [5, 5.41) is 2.78. The van der Waals surface area contributed by atoms with Gasteiger partial charge in [-0.25, -0.2) is 13.1 Å². The number of carbonyl (C=O) groups is 1. The summed E-state index contributed by atoms with van der Waals surface area (Å²) in [5.41, 5.74) is 2.80. The van der Waals surface area contributed by atoms with Crippen LogP contribution in [-0.4, -0.2) is 54.2 Å². The fourth-order valence-corrected chi connectivity index (χ4v) is 6.60. The number of anilines is 3.